The Balaban J connectivity index is 1.60. The van der Waals surface area contributed by atoms with Gasteiger partial charge in [0, 0.05) is 19.0 Å². The zero-order chi connectivity index (χ0) is 8.84. The van der Waals surface area contributed by atoms with Gasteiger partial charge >= 0.3 is 0 Å². The molecular weight excluding hydrogens is 166 g/mol. The molecule has 13 heavy (non-hydrogen) atoms. The van der Waals surface area contributed by atoms with Crippen molar-refractivity contribution in [1.82, 2.24) is 4.90 Å². The summed E-state index contributed by atoms with van der Waals surface area (Å²) in [6.07, 6.45) is 5.41. The third kappa shape index (κ3) is 1.26. The minimum Gasteiger partial charge on any atom is -0.368 e. The van der Waals surface area contributed by atoms with E-state index in [1.807, 2.05) is 4.90 Å². The maximum absolute atomic E-state index is 11.8. The van der Waals surface area contributed by atoms with E-state index < -0.39 is 0 Å². The summed E-state index contributed by atoms with van der Waals surface area (Å²) >= 11 is 0. The molecule has 1 aliphatic carbocycles. The first kappa shape index (κ1) is 7.80. The summed E-state index contributed by atoms with van der Waals surface area (Å²) in [6.45, 7) is 1.79. The predicted molar refractivity (Wildman–Crippen MR) is 47.2 cm³/mol. The van der Waals surface area contributed by atoms with Crippen LogP contribution < -0.4 is 0 Å². The monoisotopic (exact) mass is 181 g/mol. The third-order valence-corrected chi connectivity index (χ3v) is 3.54. The summed E-state index contributed by atoms with van der Waals surface area (Å²) in [5, 5.41) is 0. The molecule has 1 amide bonds. The lowest BCUT2D eigenvalue weighted by molar-refractivity contribution is -0.138. The molecule has 0 unspecified atom stereocenters. The minimum absolute atomic E-state index is 0.357. The number of hydrogen-bond acceptors (Lipinski definition) is 2. The fraction of sp³-hybridized carbons (Fsp3) is 0.900. The van der Waals surface area contributed by atoms with Gasteiger partial charge in [0.2, 0.25) is 5.91 Å². The van der Waals surface area contributed by atoms with Gasteiger partial charge in [-0.3, -0.25) is 4.79 Å². The number of carbonyl (C=O) groups is 1. The van der Waals surface area contributed by atoms with E-state index in [9.17, 15) is 4.79 Å². The standard InChI is InChI=1S/C10H15NO2/c12-10(7-2-1-3-7)11-5-4-8-9(6-11)13-8/h7-9H,1-6H2/t8-,9-/m0/s1. The Morgan fingerprint density at radius 2 is 2.08 bits per heavy atom. The molecular formula is C10H15NO2. The Hall–Kier alpha value is -0.570. The van der Waals surface area contributed by atoms with Crippen molar-refractivity contribution in [2.75, 3.05) is 13.1 Å². The number of likely N-dealkylation sites (tertiary alicyclic amines) is 1. The second-order valence-corrected chi connectivity index (χ2v) is 4.41. The molecule has 0 aromatic rings. The number of carbonyl (C=O) groups excluding carboxylic acids is 1. The summed E-state index contributed by atoms with van der Waals surface area (Å²) in [5.74, 6) is 0.746. The molecule has 2 heterocycles. The Kier molecular flexibility index (Phi) is 1.62. The molecule has 0 aromatic carbocycles. The highest BCUT2D eigenvalue weighted by atomic mass is 16.6. The zero-order valence-electron chi connectivity index (χ0n) is 7.74. The molecule has 0 radical (unpaired) electrons. The lowest BCUT2D eigenvalue weighted by Crippen LogP contribution is -2.44. The van der Waals surface area contributed by atoms with Crippen molar-refractivity contribution >= 4 is 5.91 Å². The lowest BCUT2D eigenvalue weighted by Gasteiger charge is -2.32. The van der Waals surface area contributed by atoms with Crippen molar-refractivity contribution in [2.45, 2.75) is 37.9 Å². The average Bonchev–Trinajstić information content (AvgIpc) is 2.77. The Morgan fingerprint density at radius 1 is 1.23 bits per heavy atom. The molecule has 2 saturated heterocycles. The van der Waals surface area contributed by atoms with Gasteiger partial charge in [-0.2, -0.15) is 0 Å². The van der Waals surface area contributed by atoms with Crippen LogP contribution in [0.2, 0.25) is 0 Å². The summed E-state index contributed by atoms with van der Waals surface area (Å²) in [4.78, 5) is 13.8. The molecule has 3 heteroatoms. The van der Waals surface area contributed by atoms with Gasteiger partial charge in [0.05, 0.1) is 6.10 Å². The second kappa shape index (κ2) is 2.71. The van der Waals surface area contributed by atoms with E-state index in [-0.39, 0.29) is 0 Å². The number of nitrogens with zero attached hydrogens (tertiary/aromatic N) is 1. The fourth-order valence-corrected chi connectivity index (χ4v) is 2.30. The maximum Gasteiger partial charge on any atom is 0.225 e. The van der Waals surface area contributed by atoms with Crippen LogP contribution in [0.25, 0.3) is 0 Å². The van der Waals surface area contributed by atoms with Crippen LogP contribution in [0, 0.1) is 5.92 Å². The molecule has 2 aliphatic heterocycles. The van der Waals surface area contributed by atoms with Crippen molar-refractivity contribution in [1.29, 1.82) is 0 Å². The van der Waals surface area contributed by atoms with Gasteiger partial charge < -0.3 is 9.64 Å². The van der Waals surface area contributed by atoms with Crippen molar-refractivity contribution < 1.29 is 9.53 Å². The number of amides is 1. The van der Waals surface area contributed by atoms with Crippen LogP contribution >= 0.6 is 0 Å². The largest absolute Gasteiger partial charge is 0.368 e. The van der Waals surface area contributed by atoms with E-state index >= 15 is 0 Å². The maximum atomic E-state index is 11.8. The fourth-order valence-electron chi connectivity index (χ4n) is 2.30. The van der Waals surface area contributed by atoms with E-state index in [0.717, 1.165) is 32.4 Å². The molecule has 1 saturated carbocycles. The summed E-state index contributed by atoms with van der Waals surface area (Å²) in [5.41, 5.74) is 0. The number of ether oxygens (including phenoxy) is 1. The number of hydrogen-bond donors (Lipinski definition) is 0. The molecule has 3 nitrogen and oxygen atoms in total. The number of epoxide rings is 1. The van der Waals surface area contributed by atoms with Crippen molar-refractivity contribution in [3.8, 4) is 0 Å². The van der Waals surface area contributed by atoms with Gasteiger partial charge in [0.15, 0.2) is 0 Å². The van der Waals surface area contributed by atoms with Crippen LogP contribution in [-0.2, 0) is 9.53 Å². The molecule has 3 fully saturated rings. The van der Waals surface area contributed by atoms with E-state index in [2.05, 4.69) is 0 Å². The van der Waals surface area contributed by atoms with Crippen LogP contribution in [0.15, 0.2) is 0 Å². The lowest BCUT2D eigenvalue weighted by atomic mass is 9.84. The smallest absolute Gasteiger partial charge is 0.225 e. The van der Waals surface area contributed by atoms with Gasteiger partial charge in [0.25, 0.3) is 0 Å². The molecule has 3 aliphatic rings. The van der Waals surface area contributed by atoms with Gasteiger partial charge in [-0.25, -0.2) is 0 Å². The first-order valence-corrected chi connectivity index (χ1v) is 5.29. The van der Waals surface area contributed by atoms with Crippen LogP contribution in [0.5, 0.6) is 0 Å². The van der Waals surface area contributed by atoms with E-state index in [0.29, 0.717) is 24.0 Å². The zero-order valence-corrected chi connectivity index (χ0v) is 7.74. The van der Waals surface area contributed by atoms with E-state index in [1.165, 1.54) is 6.42 Å². The van der Waals surface area contributed by atoms with Crippen molar-refractivity contribution in [3.63, 3.8) is 0 Å². The average molecular weight is 181 g/mol. The van der Waals surface area contributed by atoms with Crippen LogP contribution in [0.4, 0.5) is 0 Å². The molecule has 0 bridgehead atoms. The quantitative estimate of drug-likeness (QED) is 0.560. The van der Waals surface area contributed by atoms with Crippen LogP contribution in [0.1, 0.15) is 25.7 Å². The van der Waals surface area contributed by atoms with E-state index in [4.69, 9.17) is 4.74 Å². The number of fused-ring (bicyclic) bond motifs is 1. The van der Waals surface area contributed by atoms with Crippen LogP contribution in [0.3, 0.4) is 0 Å². The molecule has 2 atom stereocenters. The molecule has 3 rings (SSSR count). The Labute approximate surface area is 78.0 Å². The Morgan fingerprint density at radius 3 is 2.69 bits per heavy atom. The molecule has 0 N–H and O–H groups in total. The summed E-state index contributed by atoms with van der Waals surface area (Å²) < 4.78 is 5.40. The summed E-state index contributed by atoms with van der Waals surface area (Å²) in [6, 6.07) is 0. The summed E-state index contributed by atoms with van der Waals surface area (Å²) in [7, 11) is 0. The predicted octanol–water partition coefficient (Wildman–Crippen LogP) is 0.786. The highest BCUT2D eigenvalue weighted by Crippen LogP contribution is 2.34. The van der Waals surface area contributed by atoms with Gasteiger partial charge in [-0.05, 0) is 19.3 Å². The van der Waals surface area contributed by atoms with Gasteiger partial charge in [-0.15, -0.1) is 0 Å². The minimum atomic E-state index is 0.357. The van der Waals surface area contributed by atoms with Crippen molar-refractivity contribution in [3.05, 3.63) is 0 Å². The molecule has 72 valence electrons. The van der Waals surface area contributed by atoms with E-state index in [1.54, 1.807) is 0 Å². The third-order valence-electron chi connectivity index (χ3n) is 3.54. The highest BCUT2D eigenvalue weighted by Gasteiger charge is 2.45. The number of rotatable bonds is 1. The van der Waals surface area contributed by atoms with Gasteiger partial charge in [-0.1, -0.05) is 6.42 Å². The first-order chi connectivity index (χ1) is 6.34. The normalized spacial score (nSPS) is 38.0. The molecule has 0 aromatic heterocycles. The first-order valence-electron chi connectivity index (χ1n) is 5.29. The number of piperidine rings is 1. The molecule has 0 spiro atoms. The Bertz CT molecular complexity index is 237. The highest BCUT2D eigenvalue weighted by molar-refractivity contribution is 5.79. The van der Waals surface area contributed by atoms with Crippen LogP contribution in [-0.4, -0.2) is 36.1 Å². The van der Waals surface area contributed by atoms with Gasteiger partial charge in [0.1, 0.15) is 6.10 Å². The SMILES string of the molecule is O=C(C1CCC1)N1CC[C@@H]2O[C@H]2C1. The topological polar surface area (TPSA) is 32.8 Å². The van der Waals surface area contributed by atoms with Crippen molar-refractivity contribution in [2.24, 2.45) is 5.92 Å². The second-order valence-electron chi connectivity index (χ2n) is 4.41.